The van der Waals surface area contributed by atoms with E-state index in [4.69, 9.17) is 4.74 Å². The van der Waals surface area contributed by atoms with Gasteiger partial charge >= 0.3 is 0 Å². The molecule has 1 aliphatic heterocycles. The van der Waals surface area contributed by atoms with E-state index in [9.17, 15) is 4.79 Å². The van der Waals surface area contributed by atoms with Gasteiger partial charge in [0, 0.05) is 38.2 Å². The first-order valence-electron chi connectivity index (χ1n) is 11.0. The van der Waals surface area contributed by atoms with E-state index in [0.717, 1.165) is 51.2 Å². The van der Waals surface area contributed by atoms with Crippen LogP contribution in [0, 0.1) is 0 Å². The van der Waals surface area contributed by atoms with Crippen molar-refractivity contribution in [3.05, 3.63) is 29.3 Å². The highest BCUT2D eigenvalue weighted by Gasteiger charge is 2.26. The molecule has 0 bridgehead atoms. The highest BCUT2D eigenvalue weighted by atomic mass is 16.5. The summed E-state index contributed by atoms with van der Waals surface area (Å²) in [4.78, 5) is 14.3. The summed E-state index contributed by atoms with van der Waals surface area (Å²) in [6.45, 7) is 17.7. The first-order chi connectivity index (χ1) is 13.2. The molecule has 4 heteroatoms. The summed E-state index contributed by atoms with van der Waals surface area (Å²) in [6.07, 6.45) is 3.48. The molecule has 0 unspecified atom stereocenters. The van der Waals surface area contributed by atoms with Crippen LogP contribution in [-0.2, 0) is 15.6 Å². The predicted octanol–water partition coefficient (Wildman–Crippen LogP) is 4.65. The maximum atomic E-state index is 12.3. The van der Waals surface area contributed by atoms with Crippen molar-refractivity contribution in [1.82, 2.24) is 10.2 Å². The van der Waals surface area contributed by atoms with Crippen LogP contribution in [0.1, 0.15) is 78.4 Å². The van der Waals surface area contributed by atoms with E-state index in [0.29, 0.717) is 13.0 Å². The number of nitrogens with one attached hydrogen (secondary N) is 1. The molecule has 0 radical (unpaired) electrons. The topological polar surface area (TPSA) is 41.6 Å². The zero-order valence-electron chi connectivity index (χ0n) is 18.9. The van der Waals surface area contributed by atoms with Gasteiger partial charge in [0.1, 0.15) is 5.75 Å². The Bertz CT molecular complexity index is 646. The predicted molar refractivity (Wildman–Crippen MR) is 117 cm³/mol. The summed E-state index contributed by atoms with van der Waals surface area (Å²) in [6, 6.07) is 6.69. The lowest BCUT2D eigenvalue weighted by Gasteiger charge is -2.30. The summed E-state index contributed by atoms with van der Waals surface area (Å²) in [7, 11) is 0. The molecule has 1 fully saturated rings. The lowest BCUT2D eigenvalue weighted by molar-refractivity contribution is -0.132. The van der Waals surface area contributed by atoms with Crippen molar-refractivity contribution >= 4 is 5.91 Å². The SMILES string of the molecule is CCC(C)(C)c1ccc(OCCCC(=O)N2CCNCC2)c(C(C)(C)CC)c1. The number of nitrogens with zero attached hydrogens (tertiary/aromatic N) is 1. The number of carbonyl (C=O) groups is 1. The van der Waals surface area contributed by atoms with E-state index in [1.807, 2.05) is 4.90 Å². The number of carbonyl (C=O) groups excluding carboxylic acids is 1. The van der Waals surface area contributed by atoms with Crippen LogP contribution in [-0.4, -0.2) is 43.6 Å². The molecule has 0 aliphatic carbocycles. The van der Waals surface area contributed by atoms with Gasteiger partial charge in [0.05, 0.1) is 6.61 Å². The van der Waals surface area contributed by atoms with Crippen molar-refractivity contribution in [2.75, 3.05) is 32.8 Å². The monoisotopic (exact) mass is 388 g/mol. The highest BCUT2D eigenvalue weighted by molar-refractivity contribution is 5.76. The summed E-state index contributed by atoms with van der Waals surface area (Å²) in [5, 5.41) is 3.28. The number of hydrogen-bond donors (Lipinski definition) is 1. The van der Waals surface area contributed by atoms with Crippen LogP contribution in [0.25, 0.3) is 0 Å². The van der Waals surface area contributed by atoms with E-state index in [1.54, 1.807) is 0 Å². The van der Waals surface area contributed by atoms with Gasteiger partial charge in [0.25, 0.3) is 0 Å². The van der Waals surface area contributed by atoms with E-state index < -0.39 is 0 Å². The smallest absolute Gasteiger partial charge is 0.222 e. The molecule has 1 heterocycles. The van der Waals surface area contributed by atoms with Gasteiger partial charge in [-0.1, -0.05) is 53.7 Å². The van der Waals surface area contributed by atoms with Crippen molar-refractivity contribution in [3.8, 4) is 5.75 Å². The van der Waals surface area contributed by atoms with Gasteiger partial charge in [-0.25, -0.2) is 0 Å². The van der Waals surface area contributed by atoms with E-state index in [-0.39, 0.29) is 16.7 Å². The lowest BCUT2D eigenvalue weighted by atomic mass is 9.76. The Hall–Kier alpha value is -1.55. The molecule has 0 aromatic heterocycles. The molecule has 1 aromatic rings. The van der Waals surface area contributed by atoms with Crippen LogP contribution in [0.2, 0.25) is 0 Å². The second kappa shape index (κ2) is 9.78. The van der Waals surface area contributed by atoms with Gasteiger partial charge in [-0.15, -0.1) is 0 Å². The van der Waals surface area contributed by atoms with Gasteiger partial charge in [-0.3, -0.25) is 4.79 Å². The fourth-order valence-electron chi connectivity index (χ4n) is 3.48. The molecule has 0 atom stereocenters. The van der Waals surface area contributed by atoms with Crippen LogP contribution < -0.4 is 10.1 Å². The number of benzene rings is 1. The van der Waals surface area contributed by atoms with Gasteiger partial charge < -0.3 is 15.0 Å². The Balaban J connectivity index is 2.02. The molecule has 0 saturated carbocycles. The summed E-state index contributed by atoms with van der Waals surface area (Å²) in [5.74, 6) is 1.22. The summed E-state index contributed by atoms with van der Waals surface area (Å²) < 4.78 is 6.18. The maximum Gasteiger partial charge on any atom is 0.222 e. The van der Waals surface area contributed by atoms with Crippen molar-refractivity contribution in [3.63, 3.8) is 0 Å². The fourth-order valence-corrected chi connectivity index (χ4v) is 3.48. The number of hydrogen-bond acceptors (Lipinski definition) is 3. The molecular formula is C24H40N2O2. The molecule has 1 N–H and O–H groups in total. The Labute approximate surface area is 172 Å². The fraction of sp³-hybridized carbons (Fsp3) is 0.708. The molecule has 0 spiro atoms. The van der Waals surface area contributed by atoms with Crippen molar-refractivity contribution < 1.29 is 9.53 Å². The minimum absolute atomic E-state index is 0.0613. The van der Waals surface area contributed by atoms with Crippen molar-refractivity contribution in [2.24, 2.45) is 0 Å². The van der Waals surface area contributed by atoms with Gasteiger partial charge in [0.15, 0.2) is 0 Å². The Kier molecular flexibility index (Phi) is 7.94. The molecule has 2 rings (SSSR count). The molecule has 1 aliphatic rings. The minimum atomic E-state index is 0.0613. The number of piperazine rings is 1. The average molecular weight is 389 g/mol. The number of ether oxygens (including phenoxy) is 1. The van der Waals surface area contributed by atoms with Crippen LogP contribution >= 0.6 is 0 Å². The summed E-state index contributed by atoms with van der Waals surface area (Å²) in [5.41, 5.74) is 2.87. The molecule has 1 aromatic carbocycles. The molecule has 4 nitrogen and oxygen atoms in total. The number of rotatable bonds is 9. The Morgan fingerprint density at radius 1 is 1.07 bits per heavy atom. The zero-order chi connectivity index (χ0) is 20.8. The quantitative estimate of drug-likeness (QED) is 0.626. The van der Waals surface area contributed by atoms with Crippen LogP contribution in [0.15, 0.2) is 18.2 Å². The van der Waals surface area contributed by atoms with Crippen LogP contribution in [0.3, 0.4) is 0 Å². The van der Waals surface area contributed by atoms with Crippen LogP contribution in [0.5, 0.6) is 5.75 Å². The second-order valence-electron chi connectivity index (χ2n) is 9.27. The Morgan fingerprint density at radius 3 is 2.32 bits per heavy atom. The standard InChI is InChI=1S/C24H40N2O2/c1-7-23(3,4)19-11-12-21(20(18-19)24(5,6)8-2)28-17-9-10-22(27)26-15-13-25-14-16-26/h11-12,18,25H,7-10,13-17H2,1-6H3. The lowest BCUT2D eigenvalue weighted by Crippen LogP contribution is -2.46. The third kappa shape index (κ3) is 5.73. The van der Waals surface area contributed by atoms with Gasteiger partial charge in [-0.2, -0.15) is 0 Å². The van der Waals surface area contributed by atoms with E-state index in [2.05, 4.69) is 65.1 Å². The van der Waals surface area contributed by atoms with Crippen molar-refractivity contribution in [2.45, 2.75) is 78.1 Å². The van der Waals surface area contributed by atoms with Crippen LogP contribution in [0.4, 0.5) is 0 Å². The maximum absolute atomic E-state index is 12.3. The molecular weight excluding hydrogens is 348 g/mol. The minimum Gasteiger partial charge on any atom is -0.493 e. The Morgan fingerprint density at radius 2 is 1.71 bits per heavy atom. The van der Waals surface area contributed by atoms with E-state index >= 15 is 0 Å². The number of amides is 1. The molecule has 158 valence electrons. The molecule has 1 saturated heterocycles. The zero-order valence-corrected chi connectivity index (χ0v) is 18.9. The first kappa shape index (κ1) is 22.7. The highest BCUT2D eigenvalue weighted by Crippen LogP contribution is 2.38. The first-order valence-corrected chi connectivity index (χ1v) is 11.0. The van der Waals surface area contributed by atoms with Crippen molar-refractivity contribution in [1.29, 1.82) is 0 Å². The van der Waals surface area contributed by atoms with E-state index in [1.165, 1.54) is 11.1 Å². The third-order valence-electron chi connectivity index (χ3n) is 6.52. The molecule has 1 amide bonds. The third-order valence-corrected chi connectivity index (χ3v) is 6.52. The normalized spacial score (nSPS) is 15.6. The average Bonchev–Trinajstić information content (AvgIpc) is 2.71. The largest absolute Gasteiger partial charge is 0.493 e. The second-order valence-corrected chi connectivity index (χ2v) is 9.27. The molecule has 28 heavy (non-hydrogen) atoms. The van der Waals surface area contributed by atoms with Gasteiger partial charge in [0.2, 0.25) is 5.91 Å². The summed E-state index contributed by atoms with van der Waals surface area (Å²) >= 11 is 0. The van der Waals surface area contributed by atoms with Gasteiger partial charge in [-0.05, 0) is 41.7 Å².